The number of benzene rings is 1. The Hall–Kier alpha value is -2.45. The third-order valence-electron chi connectivity index (χ3n) is 7.13. The minimum atomic E-state index is -0.807. The van der Waals surface area contributed by atoms with Crippen LogP contribution in [0.4, 0.5) is 4.79 Å². The van der Waals surface area contributed by atoms with Crippen LogP contribution in [0.5, 0.6) is 0 Å². The van der Waals surface area contributed by atoms with E-state index in [1.165, 1.54) is 4.90 Å². The first kappa shape index (κ1) is 28.8. The number of aryl methyl sites for hydroxylation is 1. The zero-order valence-electron chi connectivity index (χ0n) is 22.8. The molecule has 35 heavy (non-hydrogen) atoms. The molecule has 1 N–H and O–H groups in total. The topological polar surface area (TPSA) is 82.2 Å². The highest BCUT2D eigenvalue weighted by molar-refractivity contribution is 6.03. The number of carbonyl (C=O) groups is 3. The third-order valence-corrected chi connectivity index (χ3v) is 7.13. The molecule has 1 heterocycles. The van der Waals surface area contributed by atoms with Crippen molar-refractivity contribution in [1.29, 1.82) is 0 Å². The second kappa shape index (κ2) is 12.5. The average Bonchev–Trinajstić information content (AvgIpc) is 2.82. The van der Waals surface area contributed by atoms with Crippen LogP contribution in [-0.4, -0.2) is 79.1 Å². The van der Waals surface area contributed by atoms with E-state index < -0.39 is 23.8 Å². The predicted octanol–water partition coefficient (Wildman–Crippen LogP) is 3.95. The number of nitrogens with one attached hydrogen (secondary N) is 1. The van der Waals surface area contributed by atoms with Crippen molar-refractivity contribution in [3.63, 3.8) is 0 Å². The lowest BCUT2D eigenvalue weighted by Crippen LogP contribution is -2.73. The molecule has 8 nitrogen and oxygen atoms in total. The van der Waals surface area contributed by atoms with E-state index >= 15 is 0 Å². The highest BCUT2D eigenvalue weighted by atomic mass is 16.5. The Kier molecular flexibility index (Phi) is 10.3. The molecule has 0 radical (unpaired) electrons. The number of urea groups is 1. The minimum Gasteiger partial charge on any atom is -0.344 e. The van der Waals surface area contributed by atoms with Crippen molar-refractivity contribution < 1.29 is 19.1 Å². The van der Waals surface area contributed by atoms with Crippen LogP contribution in [0.2, 0.25) is 0 Å². The summed E-state index contributed by atoms with van der Waals surface area (Å²) in [6, 6.07) is 7.37. The Balaban J connectivity index is 2.20. The summed E-state index contributed by atoms with van der Waals surface area (Å²) in [6.45, 7) is 10.9. The first-order valence-electron chi connectivity index (χ1n) is 12.8. The van der Waals surface area contributed by atoms with Crippen LogP contribution in [0.15, 0.2) is 24.3 Å². The third kappa shape index (κ3) is 6.41. The molecule has 1 aromatic carbocycles. The Bertz CT molecular complexity index is 866. The molecule has 8 heteroatoms. The van der Waals surface area contributed by atoms with Gasteiger partial charge in [0.05, 0.1) is 11.5 Å². The van der Waals surface area contributed by atoms with Gasteiger partial charge in [-0.15, -0.1) is 0 Å². The average molecular weight is 489 g/mol. The number of carbonyl (C=O) groups excluding carboxylic acids is 3. The normalized spacial score (nSPS) is 18.7. The van der Waals surface area contributed by atoms with E-state index in [-0.39, 0.29) is 17.9 Å². The van der Waals surface area contributed by atoms with Crippen molar-refractivity contribution >= 4 is 17.8 Å². The van der Waals surface area contributed by atoms with Gasteiger partial charge in [-0.2, -0.15) is 0 Å². The summed E-state index contributed by atoms with van der Waals surface area (Å²) in [4.78, 5) is 44.4. The summed E-state index contributed by atoms with van der Waals surface area (Å²) in [5.41, 5.74) is 1.34. The Morgan fingerprint density at radius 3 is 2.20 bits per heavy atom. The van der Waals surface area contributed by atoms with E-state index in [4.69, 9.17) is 4.74 Å². The zero-order chi connectivity index (χ0) is 26.3. The summed E-state index contributed by atoms with van der Waals surface area (Å²) in [6.07, 6.45) is 1.13. The quantitative estimate of drug-likeness (QED) is 0.451. The van der Waals surface area contributed by atoms with Gasteiger partial charge < -0.3 is 19.9 Å². The highest BCUT2D eigenvalue weighted by Crippen LogP contribution is 2.46. The SMILES string of the molecule is CCC[C@@H](NC(=O)N1C(=O)C(CC)(CC)[C@@H]1O[C@@H](C)C(=O)N(C)CCN(C)C)c1ccc(C)cc1. The van der Waals surface area contributed by atoms with Crippen molar-refractivity contribution in [2.75, 3.05) is 34.2 Å². The van der Waals surface area contributed by atoms with Gasteiger partial charge in [-0.1, -0.05) is 57.0 Å². The predicted molar refractivity (Wildman–Crippen MR) is 138 cm³/mol. The highest BCUT2D eigenvalue weighted by Gasteiger charge is 2.62. The van der Waals surface area contributed by atoms with E-state index in [9.17, 15) is 14.4 Å². The molecule has 1 aliphatic heterocycles. The van der Waals surface area contributed by atoms with Crippen LogP contribution in [0.1, 0.15) is 70.5 Å². The standard InChI is InChI=1S/C27H44N4O4/c1-9-12-22(21-15-13-19(4)14-16-21)28-26(34)31-24(33)27(10-2,11-3)25(31)35-20(5)23(32)30(8)18-17-29(6)7/h13-16,20,22,25H,9-12,17-18H2,1-8H3,(H,28,34)/t20-,22+,25-/m0/s1. The van der Waals surface area contributed by atoms with Gasteiger partial charge in [0.1, 0.15) is 6.10 Å². The first-order chi connectivity index (χ1) is 16.5. The fourth-order valence-corrected chi connectivity index (χ4v) is 4.57. The molecule has 1 aromatic rings. The number of ether oxygens (including phenoxy) is 1. The molecule has 0 unspecified atom stereocenters. The van der Waals surface area contributed by atoms with Crippen LogP contribution in [-0.2, 0) is 14.3 Å². The second-order valence-electron chi connectivity index (χ2n) is 9.93. The smallest absolute Gasteiger partial charge is 0.326 e. The lowest BCUT2D eigenvalue weighted by molar-refractivity contribution is -0.221. The van der Waals surface area contributed by atoms with Gasteiger partial charge in [-0.3, -0.25) is 9.59 Å². The molecule has 0 bridgehead atoms. The molecule has 0 saturated carbocycles. The van der Waals surface area contributed by atoms with Gasteiger partial charge in [0.15, 0.2) is 6.23 Å². The second-order valence-corrected chi connectivity index (χ2v) is 9.93. The number of likely N-dealkylation sites (tertiary alicyclic amines) is 1. The van der Waals surface area contributed by atoms with Crippen LogP contribution in [0.3, 0.4) is 0 Å². The summed E-state index contributed by atoms with van der Waals surface area (Å²) in [5, 5.41) is 3.05. The summed E-state index contributed by atoms with van der Waals surface area (Å²) in [5.74, 6) is -0.416. The van der Waals surface area contributed by atoms with Crippen LogP contribution in [0.25, 0.3) is 0 Å². The fourth-order valence-electron chi connectivity index (χ4n) is 4.57. The van der Waals surface area contributed by atoms with E-state index in [1.807, 2.05) is 64.0 Å². The van der Waals surface area contributed by atoms with Gasteiger partial charge in [0.25, 0.3) is 5.91 Å². The number of rotatable bonds is 12. The number of β-lactam (4-membered cyclic amide) rings is 1. The molecule has 196 valence electrons. The maximum atomic E-state index is 13.4. The van der Waals surface area contributed by atoms with Gasteiger partial charge in [0.2, 0.25) is 5.91 Å². The summed E-state index contributed by atoms with van der Waals surface area (Å²) < 4.78 is 6.18. The van der Waals surface area contributed by atoms with Crippen molar-refractivity contribution in [3.8, 4) is 0 Å². The maximum absolute atomic E-state index is 13.4. The molecule has 1 fully saturated rings. The summed E-state index contributed by atoms with van der Waals surface area (Å²) in [7, 11) is 5.65. The molecule has 1 saturated heterocycles. The first-order valence-corrected chi connectivity index (χ1v) is 12.8. The van der Waals surface area contributed by atoms with Crippen molar-refractivity contribution in [3.05, 3.63) is 35.4 Å². The number of amides is 4. The van der Waals surface area contributed by atoms with Crippen LogP contribution in [0, 0.1) is 12.3 Å². The van der Waals surface area contributed by atoms with Gasteiger partial charge in [0, 0.05) is 20.1 Å². The molecule has 0 aliphatic carbocycles. The van der Waals surface area contributed by atoms with Gasteiger partial charge in [-0.25, -0.2) is 9.69 Å². The van der Waals surface area contributed by atoms with E-state index in [2.05, 4.69) is 12.2 Å². The maximum Gasteiger partial charge on any atom is 0.326 e. The number of hydrogen-bond acceptors (Lipinski definition) is 5. The number of hydrogen-bond donors (Lipinski definition) is 1. The van der Waals surface area contributed by atoms with E-state index in [0.29, 0.717) is 19.4 Å². The lowest BCUT2D eigenvalue weighted by atomic mass is 9.72. The molecule has 2 rings (SSSR count). The van der Waals surface area contributed by atoms with Crippen molar-refractivity contribution in [2.45, 2.75) is 78.7 Å². The van der Waals surface area contributed by atoms with Crippen LogP contribution < -0.4 is 5.32 Å². The summed E-state index contributed by atoms with van der Waals surface area (Å²) >= 11 is 0. The molecule has 1 aliphatic rings. The molecular weight excluding hydrogens is 444 g/mol. The Labute approximate surface area is 211 Å². The molecule has 0 spiro atoms. The largest absolute Gasteiger partial charge is 0.344 e. The van der Waals surface area contributed by atoms with Gasteiger partial charge in [-0.05, 0) is 52.8 Å². The monoisotopic (exact) mass is 488 g/mol. The minimum absolute atomic E-state index is 0.170. The lowest BCUT2D eigenvalue weighted by Gasteiger charge is -2.54. The Morgan fingerprint density at radius 1 is 1.09 bits per heavy atom. The van der Waals surface area contributed by atoms with Crippen LogP contribution >= 0.6 is 0 Å². The number of likely N-dealkylation sites (N-methyl/N-ethyl adjacent to an activating group) is 2. The molecule has 0 aromatic heterocycles. The molecule has 4 amide bonds. The number of nitrogens with zero attached hydrogens (tertiary/aromatic N) is 3. The zero-order valence-corrected chi connectivity index (χ0v) is 22.8. The van der Waals surface area contributed by atoms with E-state index in [0.717, 1.165) is 30.5 Å². The molecular formula is C27H44N4O4. The van der Waals surface area contributed by atoms with E-state index in [1.54, 1.807) is 18.9 Å². The molecule has 3 atom stereocenters. The Morgan fingerprint density at radius 2 is 1.69 bits per heavy atom. The number of imide groups is 1. The van der Waals surface area contributed by atoms with Crippen molar-refractivity contribution in [2.24, 2.45) is 5.41 Å². The van der Waals surface area contributed by atoms with Gasteiger partial charge >= 0.3 is 6.03 Å². The van der Waals surface area contributed by atoms with Crippen molar-refractivity contribution in [1.82, 2.24) is 20.0 Å². The fraction of sp³-hybridized carbons (Fsp3) is 0.667.